The number of unbranched alkanes of at least 4 members (excludes halogenated alkanes) is 5. The van der Waals surface area contributed by atoms with Gasteiger partial charge in [-0.25, -0.2) is 0 Å². The summed E-state index contributed by atoms with van der Waals surface area (Å²) < 4.78 is 0. The summed E-state index contributed by atoms with van der Waals surface area (Å²) in [6.45, 7) is 5.54. The second kappa shape index (κ2) is 9.64. The van der Waals surface area contributed by atoms with Gasteiger partial charge >= 0.3 is 0 Å². The molecule has 3 nitrogen and oxygen atoms in total. The van der Waals surface area contributed by atoms with E-state index in [0.717, 1.165) is 12.8 Å². The fourth-order valence-corrected chi connectivity index (χ4v) is 1.80. The molecule has 0 aliphatic heterocycles. The van der Waals surface area contributed by atoms with E-state index in [1.54, 1.807) is 0 Å². The first kappa shape index (κ1) is 15.4. The number of rotatable bonds is 9. The van der Waals surface area contributed by atoms with Gasteiger partial charge in [-0.3, -0.25) is 4.79 Å². The number of hydrogen-bond acceptors (Lipinski definition) is 2. The molecule has 1 amide bonds. The molecule has 0 rings (SSSR count). The van der Waals surface area contributed by atoms with Gasteiger partial charge in [0.2, 0.25) is 5.91 Å². The van der Waals surface area contributed by atoms with Crippen molar-refractivity contribution in [2.45, 2.75) is 77.9 Å². The summed E-state index contributed by atoms with van der Waals surface area (Å²) in [5.41, 5.74) is 0. The predicted molar refractivity (Wildman–Crippen MR) is 67.3 cm³/mol. The average Bonchev–Trinajstić information content (AvgIpc) is 2.21. The summed E-state index contributed by atoms with van der Waals surface area (Å²) in [5.74, 6) is -0.0745. The number of hydrogen-bond donors (Lipinski definition) is 2. The monoisotopic (exact) mass is 229 g/mol. The SMILES string of the molecule is CCCCCCCC[C@H](O)[C@@H](C)NC(C)=O. The minimum atomic E-state index is -0.407. The Morgan fingerprint density at radius 3 is 2.31 bits per heavy atom. The Bertz CT molecular complexity index is 183. The second-order valence-corrected chi connectivity index (χ2v) is 4.61. The molecule has 0 aromatic carbocycles. The Hall–Kier alpha value is -0.570. The maximum atomic E-state index is 10.8. The van der Waals surface area contributed by atoms with Crippen molar-refractivity contribution < 1.29 is 9.90 Å². The molecular weight excluding hydrogens is 202 g/mol. The molecule has 0 aliphatic carbocycles. The van der Waals surface area contributed by atoms with E-state index in [1.165, 1.54) is 39.0 Å². The molecule has 0 unspecified atom stereocenters. The minimum absolute atomic E-state index is 0.0745. The van der Waals surface area contributed by atoms with Crippen LogP contribution in [0.3, 0.4) is 0 Å². The maximum Gasteiger partial charge on any atom is 0.217 e. The van der Waals surface area contributed by atoms with Gasteiger partial charge in [-0.05, 0) is 13.3 Å². The fraction of sp³-hybridized carbons (Fsp3) is 0.923. The van der Waals surface area contributed by atoms with Crippen LogP contribution in [0.4, 0.5) is 0 Å². The number of aliphatic hydroxyl groups excluding tert-OH is 1. The van der Waals surface area contributed by atoms with Crippen molar-refractivity contribution in [1.82, 2.24) is 5.32 Å². The van der Waals surface area contributed by atoms with Crippen molar-refractivity contribution in [1.29, 1.82) is 0 Å². The highest BCUT2D eigenvalue weighted by molar-refractivity contribution is 5.73. The van der Waals surface area contributed by atoms with Crippen LogP contribution < -0.4 is 5.32 Å². The lowest BCUT2D eigenvalue weighted by Crippen LogP contribution is -2.39. The van der Waals surface area contributed by atoms with Crippen molar-refractivity contribution in [3.05, 3.63) is 0 Å². The van der Waals surface area contributed by atoms with Crippen molar-refractivity contribution in [3.63, 3.8) is 0 Å². The molecule has 0 aliphatic rings. The second-order valence-electron chi connectivity index (χ2n) is 4.61. The van der Waals surface area contributed by atoms with E-state index >= 15 is 0 Å². The van der Waals surface area contributed by atoms with Crippen LogP contribution in [-0.2, 0) is 4.79 Å². The highest BCUT2D eigenvalue weighted by Gasteiger charge is 2.13. The van der Waals surface area contributed by atoms with Gasteiger partial charge < -0.3 is 10.4 Å². The number of nitrogens with one attached hydrogen (secondary N) is 1. The molecule has 0 heterocycles. The fourth-order valence-electron chi connectivity index (χ4n) is 1.80. The Morgan fingerprint density at radius 1 is 1.19 bits per heavy atom. The lowest BCUT2D eigenvalue weighted by atomic mass is 10.0. The van der Waals surface area contributed by atoms with Crippen LogP contribution in [0, 0.1) is 0 Å². The predicted octanol–water partition coefficient (Wildman–Crippen LogP) is 2.62. The number of aliphatic hydroxyl groups is 1. The minimum Gasteiger partial charge on any atom is -0.391 e. The molecule has 2 atom stereocenters. The zero-order valence-electron chi connectivity index (χ0n) is 11.0. The van der Waals surface area contributed by atoms with Crippen LogP contribution >= 0.6 is 0 Å². The lowest BCUT2D eigenvalue weighted by Gasteiger charge is -2.19. The smallest absolute Gasteiger partial charge is 0.217 e. The molecule has 0 spiro atoms. The van der Waals surface area contributed by atoms with Crippen molar-refractivity contribution in [2.75, 3.05) is 0 Å². The maximum absolute atomic E-state index is 10.8. The summed E-state index contributed by atoms with van der Waals surface area (Å²) in [5, 5.41) is 12.5. The highest BCUT2D eigenvalue weighted by Crippen LogP contribution is 2.10. The number of carbonyl (C=O) groups is 1. The summed E-state index contributed by atoms with van der Waals surface area (Å²) in [7, 11) is 0. The van der Waals surface area contributed by atoms with Gasteiger partial charge in [0.1, 0.15) is 0 Å². The van der Waals surface area contributed by atoms with Gasteiger partial charge in [-0.2, -0.15) is 0 Å². The van der Waals surface area contributed by atoms with Crippen LogP contribution in [-0.4, -0.2) is 23.2 Å². The van der Waals surface area contributed by atoms with E-state index in [4.69, 9.17) is 0 Å². The Morgan fingerprint density at radius 2 is 1.75 bits per heavy atom. The van der Waals surface area contributed by atoms with Crippen LogP contribution in [0.25, 0.3) is 0 Å². The van der Waals surface area contributed by atoms with Crippen LogP contribution in [0.5, 0.6) is 0 Å². The molecule has 0 fully saturated rings. The first-order valence-corrected chi connectivity index (χ1v) is 6.53. The molecule has 0 radical (unpaired) electrons. The van der Waals surface area contributed by atoms with Gasteiger partial charge in [0, 0.05) is 6.92 Å². The molecule has 0 saturated carbocycles. The van der Waals surface area contributed by atoms with Crippen LogP contribution in [0.1, 0.15) is 65.7 Å². The Kier molecular flexibility index (Phi) is 9.30. The third-order valence-corrected chi connectivity index (χ3v) is 2.86. The summed E-state index contributed by atoms with van der Waals surface area (Å²) >= 11 is 0. The van der Waals surface area contributed by atoms with E-state index in [-0.39, 0.29) is 11.9 Å². The van der Waals surface area contributed by atoms with Gasteiger partial charge in [-0.15, -0.1) is 0 Å². The van der Waals surface area contributed by atoms with Crippen molar-refractivity contribution in [2.24, 2.45) is 0 Å². The van der Waals surface area contributed by atoms with Gasteiger partial charge in [0.25, 0.3) is 0 Å². The standard InChI is InChI=1S/C13H27NO2/c1-4-5-6-7-8-9-10-13(16)11(2)14-12(3)15/h11,13,16H,4-10H2,1-3H3,(H,14,15)/t11-,13+/m1/s1. The lowest BCUT2D eigenvalue weighted by molar-refractivity contribution is -0.120. The van der Waals surface area contributed by atoms with E-state index in [2.05, 4.69) is 12.2 Å². The van der Waals surface area contributed by atoms with E-state index < -0.39 is 6.10 Å². The third kappa shape index (κ3) is 8.72. The van der Waals surface area contributed by atoms with E-state index in [1.807, 2.05) is 6.92 Å². The summed E-state index contributed by atoms with van der Waals surface area (Å²) in [6, 6.07) is -0.131. The molecule has 0 aromatic heterocycles. The van der Waals surface area contributed by atoms with Gasteiger partial charge in [-0.1, -0.05) is 45.4 Å². The van der Waals surface area contributed by atoms with Crippen LogP contribution in [0.2, 0.25) is 0 Å². The Labute approximate surface area is 99.6 Å². The molecule has 3 heteroatoms. The molecule has 0 bridgehead atoms. The molecular formula is C13H27NO2. The first-order chi connectivity index (χ1) is 7.57. The number of amides is 1. The largest absolute Gasteiger partial charge is 0.391 e. The van der Waals surface area contributed by atoms with E-state index in [9.17, 15) is 9.90 Å². The zero-order chi connectivity index (χ0) is 12.4. The Balaban J connectivity index is 3.42. The van der Waals surface area contributed by atoms with Crippen molar-refractivity contribution in [3.8, 4) is 0 Å². The molecule has 96 valence electrons. The van der Waals surface area contributed by atoms with Crippen molar-refractivity contribution >= 4 is 5.91 Å². The molecule has 0 aromatic rings. The molecule has 0 saturated heterocycles. The quantitative estimate of drug-likeness (QED) is 0.597. The molecule has 16 heavy (non-hydrogen) atoms. The molecule has 2 N–H and O–H groups in total. The number of carbonyl (C=O) groups excluding carboxylic acids is 1. The normalized spacial score (nSPS) is 14.5. The average molecular weight is 229 g/mol. The van der Waals surface area contributed by atoms with Gasteiger partial charge in [0.15, 0.2) is 0 Å². The van der Waals surface area contributed by atoms with Gasteiger partial charge in [0.05, 0.1) is 12.1 Å². The topological polar surface area (TPSA) is 49.3 Å². The third-order valence-electron chi connectivity index (χ3n) is 2.86. The van der Waals surface area contributed by atoms with Crippen LogP contribution in [0.15, 0.2) is 0 Å². The highest BCUT2D eigenvalue weighted by atomic mass is 16.3. The first-order valence-electron chi connectivity index (χ1n) is 6.53. The summed E-state index contributed by atoms with van der Waals surface area (Å²) in [4.78, 5) is 10.8. The zero-order valence-corrected chi connectivity index (χ0v) is 11.0. The van der Waals surface area contributed by atoms with E-state index in [0.29, 0.717) is 0 Å². The summed E-state index contributed by atoms with van der Waals surface area (Å²) in [6.07, 6.45) is 7.75.